The summed E-state index contributed by atoms with van der Waals surface area (Å²) >= 11 is 13.8. The maximum absolute atomic E-state index is 13.8. The van der Waals surface area contributed by atoms with Gasteiger partial charge in [0.15, 0.2) is 0 Å². The van der Waals surface area contributed by atoms with Crippen LogP contribution in [0.25, 0.3) is 0 Å². The summed E-state index contributed by atoms with van der Waals surface area (Å²) in [6.07, 6.45) is 1.25. The fraction of sp³-hybridized carbons (Fsp3) is 0.333. The molecule has 4 nitrogen and oxygen atoms in total. The van der Waals surface area contributed by atoms with Crippen LogP contribution in [0.4, 0.5) is 0 Å². The van der Waals surface area contributed by atoms with Gasteiger partial charge in [-0.25, -0.2) is 0 Å². The van der Waals surface area contributed by atoms with E-state index in [4.69, 9.17) is 23.2 Å². The third kappa shape index (κ3) is 8.80. The minimum Gasteiger partial charge on any atom is -0.352 e. The lowest BCUT2D eigenvalue weighted by molar-refractivity contribution is -0.139. The smallest absolute Gasteiger partial charge is 0.243 e. The molecule has 0 aromatic heterocycles. The summed E-state index contributed by atoms with van der Waals surface area (Å²) in [5, 5.41) is 4.27. The quantitative estimate of drug-likeness (QED) is 0.259. The minimum absolute atomic E-state index is 0.0163. The summed E-state index contributed by atoms with van der Waals surface area (Å²) in [5.41, 5.74) is 4.04. The normalized spacial score (nSPS) is 12.6. The number of hydrogen-bond donors (Lipinski definition) is 1. The largest absolute Gasteiger partial charge is 0.352 e. The summed E-state index contributed by atoms with van der Waals surface area (Å²) < 4.78 is 0. The monoisotopic (exact) mass is 556 g/mol. The topological polar surface area (TPSA) is 49.4 Å². The van der Waals surface area contributed by atoms with Crippen LogP contribution < -0.4 is 5.32 Å². The maximum Gasteiger partial charge on any atom is 0.243 e. The SMILES string of the molecule is CC[C@@H](C)NC(=O)[C@@H](Cc1ccccc1)N(Cc1ccccc1C)C(=O)CSCc1ccc(Cl)cc1Cl. The first kappa shape index (κ1) is 29.1. The van der Waals surface area contributed by atoms with E-state index in [1.54, 1.807) is 17.0 Å². The van der Waals surface area contributed by atoms with Gasteiger partial charge in [0.25, 0.3) is 0 Å². The van der Waals surface area contributed by atoms with Gasteiger partial charge < -0.3 is 10.2 Å². The highest BCUT2D eigenvalue weighted by Gasteiger charge is 2.31. The molecule has 0 aliphatic rings. The highest BCUT2D eigenvalue weighted by atomic mass is 35.5. The number of benzene rings is 3. The molecule has 3 aromatic rings. The van der Waals surface area contributed by atoms with Crippen molar-refractivity contribution in [1.29, 1.82) is 0 Å². The van der Waals surface area contributed by atoms with Crippen LogP contribution in [0.2, 0.25) is 10.0 Å². The van der Waals surface area contributed by atoms with Gasteiger partial charge in [0.05, 0.1) is 5.75 Å². The number of hydrogen-bond acceptors (Lipinski definition) is 3. The molecule has 0 radical (unpaired) electrons. The van der Waals surface area contributed by atoms with Crippen LogP contribution in [0.1, 0.15) is 42.5 Å². The molecule has 196 valence electrons. The van der Waals surface area contributed by atoms with Crippen molar-refractivity contribution in [2.45, 2.75) is 58.0 Å². The second kappa shape index (κ2) is 14.5. The Labute approximate surface area is 234 Å². The first-order valence-electron chi connectivity index (χ1n) is 12.5. The zero-order valence-electron chi connectivity index (χ0n) is 21.5. The third-order valence-electron chi connectivity index (χ3n) is 6.37. The molecular formula is C30H34Cl2N2O2S. The van der Waals surface area contributed by atoms with E-state index in [-0.39, 0.29) is 23.6 Å². The molecular weight excluding hydrogens is 523 g/mol. The molecule has 3 rings (SSSR count). The molecule has 0 saturated heterocycles. The minimum atomic E-state index is -0.636. The van der Waals surface area contributed by atoms with E-state index in [1.807, 2.05) is 81.4 Å². The van der Waals surface area contributed by atoms with Gasteiger partial charge in [-0.1, -0.05) is 90.8 Å². The van der Waals surface area contributed by atoms with Crippen LogP contribution in [0.5, 0.6) is 0 Å². The summed E-state index contributed by atoms with van der Waals surface area (Å²) in [6.45, 7) is 6.41. The number of carbonyl (C=O) groups excluding carboxylic acids is 2. The maximum atomic E-state index is 13.8. The van der Waals surface area contributed by atoms with Gasteiger partial charge in [-0.3, -0.25) is 9.59 Å². The van der Waals surface area contributed by atoms with Crippen molar-refractivity contribution in [2.24, 2.45) is 0 Å². The van der Waals surface area contributed by atoms with Crippen molar-refractivity contribution >= 4 is 46.8 Å². The molecule has 0 bridgehead atoms. The Bertz CT molecular complexity index is 1190. The summed E-state index contributed by atoms with van der Waals surface area (Å²) in [6, 6.07) is 22.6. The van der Waals surface area contributed by atoms with Gasteiger partial charge in [-0.15, -0.1) is 11.8 Å². The van der Waals surface area contributed by atoms with Crippen LogP contribution >= 0.6 is 35.0 Å². The summed E-state index contributed by atoms with van der Waals surface area (Å²) in [5.74, 6) is 0.583. The Morgan fingerprint density at radius 1 is 0.973 bits per heavy atom. The number of nitrogens with zero attached hydrogens (tertiary/aromatic N) is 1. The van der Waals surface area contributed by atoms with E-state index in [0.717, 1.165) is 28.7 Å². The van der Waals surface area contributed by atoms with Gasteiger partial charge in [0.2, 0.25) is 11.8 Å². The lowest BCUT2D eigenvalue weighted by Gasteiger charge is -2.32. The first-order chi connectivity index (χ1) is 17.8. The number of halogens is 2. The predicted molar refractivity (Wildman–Crippen MR) is 156 cm³/mol. The van der Waals surface area contributed by atoms with Crippen LogP contribution in [-0.4, -0.2) is 34.6 Å². The summed E-state index contributed by atoms with van der Waals surface area (Å²) in [4.78, 5) is 29.1. The van der Waals surface area contributed by atoms with Gasteiger partial charge >= 0.3 is 0 Å². The van der Waals surface area contributed by atoms with E-state index in [0.29, 0.717) is 28.8 Å². The van der Waals surface area contributed by atoms with Gasteiger partial charge in [-0.05, 0) is 54.7 Å². The van der Waals surface area contributed by atoms with Crippen LogP contribution in [0.3, 0.4) is 0 Å². The lowest BCUT2D eigenvalue weighted by atomic mass is 10.0. The Morgan fingerprint density at radius 2 is 1.68 bits per heavy atom. The highest BCUT2D eigenvalue weighted by molar-refractivity contribution is 7.99. The zero-order valence-corrected chi connectivity index (χ0v) is 23.9. The molecule has 7 heteroatoms. The van der Waals surface area contributed by atoms with Crippen LogP contribution in [0.15, 0.2) is 72.8 Å². The van der Waals surface area contributed by atoms with Crippen molar-refractivity contribution in [3.05, 3.63) is 105 Å². The Kier molecular flexibility index (Phi) is 11.4. The number of amides is 2. The number of aryl methyl sites for hydroxylation is 1. The number of rotatable bonds is 12. The van der Waals surface area contributed by atoms with Crippen molar-refractivity contribution in [2.75, 3.05) is 5.75 Å². The van der Waals surface area contributed by atoms with E-state index >= 15 is 0 Å². The van der Waals surface area contributed by atoms with Crippen molar-refractivity contribution < 1.29 is 9.59 Å². The van der Waals surface area contributed by atoms with Crippen molar-refractivity contribution in [1.82, 2.24) is 10.2 Å². The fourth-order valence-corrected chi connectivity index (χ4v) is 5.40. The predicted octanol–water partition coefficient (Wildman–Crippen LogP) is 7.09. The zero-order chi connectivity index (χ0) is 26.8. The van der Waals surface area contributed by atoms with E-state index in [1.165, 1.54) is 11.8 Å². The molecule has 0 heterocycles. The molecule has 0 saturated carbocycles. The Balaban J connectivity index is 1.87. The van der Waals surface area contributed by atoms with Crippen LogP contribution in [0, 0.1) is 6.92 Å². The second-order valence-corrected chi connectivity index (χ2v) is 11.0. The molecule has 0 aliphatic carbocycles. The highest BCUT2D eigenvalue weighted by Crippen LogP contribution is 2.25. The fourth-order valence-electron chi connectivity index (χ4n) is 3.94. The van der Waals surface area contributed by atoms with Gasteiger partial charge in [0, 0.05) is 34.8 Å². The summed E-state index contributed by atoms with van der Waals surface area (Å²) in [7, 11) is 0. The molecule has 0 unspecified atom stereocenters. The third-order valence-corrected chi connectivity index (χ3v) is 7.93. The molecule has 1 N–H and O–H groups in total. The van der Waals surface area contributed by atoms with Crippen molar-refractivity contribution in [3.8, 4) is 0 Å². The molecule has 0 fully saturated rings. The standard InChI is InChI=1S/C30H34Cl2N2O2S/c1-4-22(3)33-30(36)28(16-23-11-6-5-7-12-23)34(18-24-13-9-8-10-21(24)2)29(35)20-37-19-25-14-15-26(31)17-27(25)32/h5-15,17,22,28H,4,16,18-20H2,1-3H3,(H,33,36)/t22-,28-/m1/s1. The lowest BCUT2D eigenvalue weighted by Crippen LogP contribution is -2.52. The molecule has 2 amide bonds. The Hall–Kier alpha value is -2.47. The van der Waals surface area contributed by atoms with Crippen molar-refractivity contribution in [3.63, 3.8) is 0 Å². The van der Waals surface area contributed by atoms with Gasteiger partial charge in [-0.2, -0.15) is 0 Å². The van der Waals surface area contributed by atoms with Crippen LogP contribution in [-0.2, 0) is 28.3 Å². The average molecular weight is 558 g/mol. The molecule has 3 aromatic carbocycles. The second-order valence-electron chi connectivity index (χ2n) is 9.20. The van der Waals surface area contributed by atoms with E-state index < -0.39 is 6.04 Å². The first-order valence-corrected chi connectivity index (χ1v) is 14.4. The average Bonchev–Trinajstić information content (AvgIpc) is 2.88. The van der Waals surface area contributed by atoms with Gasteiger partial charge in [0.1, 0.15) is 6.04 Å². The van der Waals surface area contributed by atoms with E-state index in [9.17, 15) is 9.59 Å². The molecule has 0 spiro atoms. The number of carbonyl (C=O) groups is 2. The molecule has 37 heavy (non-hydrogen) atoms. The molecule has 2 atom stereocenters. The number of thioether (sulfide) groups is 1. The molecule has 0 aliphatic heterocycles. The Morgan fingerprint density at radius 3 is 2.35 bits per heavy atom. The number of nitrogens with one attached hydrogen (secondary N) is 1. The van der Waals surface area contributed by atoms with E-state index in [2.05, 4.69) is 5.32 Å².